The lowest BCUT2D eigenvalue weighted by atomic mass is 9.99. The number of aliphatic hydroxyl groups is 1. The first kappa shape index (κ1) is 17.5. The van der Waals surface area contributed by atoms with Crippen molar-refractivity contribution in [1.82, 2.24) is 0 Å². The highest BCUT2D eigenvalue weighted by Gasteiger charge is 2.40. The summed E-state index contributed by atoms with van der Waals surface area (Å²) in [5.74, 6) is 1.37. The van der Waals surface area contributed by atoms with Crippen LogP contribution in [-0.4, -0.2) is 13.9 Å². The van der Waals surface area contributed by atoms with Gasteiger partial charge < -0.3 is 9.52 Å². The third kappa shape index (κ3) is 4.49. The Morgan fingerprint density at radius 3 is 2.15 bits per heavy atom. The van der Waals surface area contributed by atoms with E-state index in [9.17, 15) is 5.11 Å². The first-order valence-electron chi connectivity index (χ1n) is 7.92. The van der Waals surface area contributed by atoms with Gasteiger partial charge in [0.2, 0.25) is 0 Å². The van der Waals surface area contributed by atoms with Gasteiger partial charge in [-0.2, -0.15) is 0 Å². The summed E-state index contributed by atoms with van der Waals surface area (Å²) in [5.41, 5.74) is 3.45. The van der Waals surface area contributed by atoms with E-state index < -0.39 is 0 Å². The van der Waals surface area contributed by atoms with Gasteiger partial charge in [-0.25, -0.2) is 0 Å². The van der Waals surface area contributed by atoms with Crippen molar-refractivity contribution in [1.29, 1.82) is 0 Å². The molecule has 0 fully saturated rings. The Hall–Kier alpha value is -0.543. The van der Waals surface area contributed by atoms with Gasteiger partial charge in [0.25, 0.3) is 0 Å². The van der Waals surface area contributed by atoms with Crippen LogP contribution in [0, 0.1) is 0 Å². The molecule has 1 heterocycles. The summed E-state index contributed by atoms with van der Waals surface area (Å²) >= 11 is 0. The van der Waals surface area contributed by atoms with Crippen LogP contribution in [-0.2, 0) is 6.61 Å². The van der Waals surface area contributed by atoms with E-state index in [0.717, 1.165) is 34.4 Å². The molecule has 0 radical (unpaired) electrons. The molecule has 0 aliphatic rings. The van der Waals surface area contributed by atoms with Gasteiger partial charge in [0.15, 0.2) is 0 Å². The zero-order valence-corrected chi connectivity index (χ0v) is 14.9. The standard InChI is InChI=1S/C17H31O2Si/c1-12(2)20(13(3)4)15(6)8-7-14(5)17-16(11-18)9-10-19-17/h9-10,12-15,18H,7-8,11H2,1-6H3/q+1. The summed E-state index contributed by atoms with van der Waals surface area (Å²) in [6.07, 6.45) is 4.10. The largest absolute Gasteiger partial charge is 0.469 e. The molecule has 0 aliphatic heterocycles. The fraction of sp³-hybridized carbons (Fsp3) is 0.765. The maximum Gasteiger partial charge on any atom is 0.322 e. The quantitative estimate of drug-likeness (QED) is 0.655. The van der Waals surface area contributed by atoms with E-state index in [1.54, 1.807) is 6.26 Å². The molecule has 1 aromatic rings. The lowest BCUT2D eigenvalue weighted by Crippen LogP contribution is -2.26. The number of hydrogen-bond acceptors (Lipinski definition) is 2. The smallest absolute Gasteiger partial charge is 0.322 e. The van der Waals surface area contributed by atoms with Crippen LogP contribution in [0.15, 0.2) is 16.7 Å². The number of rotatable bonds is 8. The minimum Gasteiger partial charge on any atom is -0.469 e. The zero-order valence-electron chi connectivity index (χ0n) is 13.9. The zero-order chi connectivity index (χ0) is 15.3. The van der Waals surface area contributed by atoms with Gasteiger partial charge in [0.05, 0.1) is 29.5 Å². The van der Waals surface area contributed by atoms with E-state index in [2.05, 4.69) is 41.5 Å². The van der Waals surface area contributed by atoms with Crippen molar-refractivity contribution in [3.63, 3.8) is 0 Å². The van der Waals surface area contributed by atoms with Crippen LogP contribution in [0.25, 0.3) is 0 Å². The second-order valence-electron chi connectivity index (χ2n) is 6.66. The van der Waals surface area contributed by atoms with Gasteiger partial charge in [-0.05, 0) is 53.5 Å². The summed E-state index contributed by atoms with van der Waals surface area (Å²) < 4.78 is 5.55. The van der Waals surface area contributed by atoms with Crippen LogP contribution >= 0.6 is 0 Å². The normalized spacial score (nSPS) is 14.8. The molecule has 0 saturated carbocycles. The fourth-order valence-electron chi connectivity index (χ4n) is 3.51. The predicted molar refractivity (Wildman–Crippen MR) is 87.7 cm³/mol. The SMILES string of the molecule is CC(CCC(C)[Si+](C(C)C)C(C)C)c1occc1CO. The Bertz CT molecular complexity index is 376. The molecule has 1 aromatic heterocycles. The Balaban J connectivity index is 2.57. The van der Waals surface area contributed by atoms with E-state index in [1.165, 1.54) is 6.42 Å². The van der Waals surface area contributed by atoms with Gasteiger partial charge in [-0.3, -0.25) is 0 Å². The Kier molecular flexibility index (Phi) is 7.03. The van der Waals surface area contributed by atoms with Crippen LogP contribution in [0.1, 0.15) is 71.6 Å². The Labute approximate surface area is 126 Å². The minimum absolute atomic E-state index is 0.0821. The number of aliphatic hydroxyl groups excluding tert-OH is 1. The summed E-state index contributed by atoms with van der Waals surface area (Å²) in [7, 11) is -0.316. The first-order chi connectivity index (χ1) is 9.38. The highest BCUT2D eigenvalue weighted by atomic mass is 28.3. The van der Waals surface area contributed by atoms with E-state index in [-0.39, 0.29) is 15.4 Å². The van der Waals surface area contributed by atoms with Gasteiger partial charge in [-0.1, -0.05) is 6.92 Å². The topological polar surface area (TPSA) is 33.4 Å². The molecule has 0 saturated heterocycles. The molecular weight excluding hydrogens is 264 g/mol. The summed E-state index contributed by atoms with van der Waals surface area (Å²) in [5, 5.41) is 9.31. The van der Waals surface area contributed by atoms with Crippen LogP contribution in [0.5, 0.6) is 0 Å². The molecule has 2 nitrogen and oxygen atoms in total. The van der Waals surface area contributed by atoms with Crippen molar-refractivity contribution in [3.05, 3.63) is 23.7 Å². The van der Waals surface area contributed by atoms with Crippen molar-refractivity contribution in [2.75, 3.05) is 0 Å². The Morgan fingerprint density at radius 1 is 1.05 bits per heavy atom. The molecular formula is C17H31O2Si+. The highest BCUT2D eigenvalue weighted by Crippen LogP contribution is 2.35. The maximum atomic E-state index is 9.31. The molecule has 0 amide bonds. The molecule has 20 heavy (non-hydrogen) atoms. The van der Waals surface area contributed by atoms with Crippen molar-refractivity contribution < 1.29 is 9.52 Å². The van der Waals surface area contributed by atoms with Crippen molar-refractivity contribution >= 4 is 8.80 Å². The van der Waals surface area contributed by atoms with Crippen LogP contribution in [0.4, 0.5) is 0 Å². The van der Waals surface area contributed by atoms with Crippen LogP contribution < -0.4 is 0 Å². The first-order valence-corrected chi connectivity index (χ1v) is 9.65. The van der Waals surface area contributed by atoms with E-state index in [0.29, 0.717) is 5.92 Å². The van der Waals surface area contributed by atoms with E-state index in [1.807, 2.05) is 6.07 Å². The molecule has 0 aliphatic carbocycles. The maximum absolute atomic E-state index is 9.31. The summed E-state index contributed by atoms with van der Waals surface area (Å²) in [4.78, 5) is 0. The fourth-order valence-corrected chi connectivity index (χ4v) is 7.62. The van der Waals surface area contributed by atoms with E-state index >= 15 is 0 Å². The lowest BCUT2D eigenvalue weighted by molar-refractivity contribution is 0.276. The number of hydrogen-bond donors (Lipinski definition) is 1. The molecule has 2 atom stereocenters. The molecule has 2 unspecified atom stereocenters. The third-order valence-electron chi connectivity index (χ3n) is 4.33. The van der Waals surface area contributed by atoms with E-state index in [4.69, 9.17) is 4.42 Å². The second kappa shape index (κ2) is 8.04. The predicted octanol–water partition coefficient (Wildman–Crippen LogP) is 5.36. The molecule has 0 bridgehead atoms. The molecule has 114 valence electrons. The van der Waals surface area contributed by atoms with Gasteiger partial charge in [-0.15, -0.1) is 0 Å². The number of furan rings is 1. The molecule has 1 N–H and O–H groups in total. The molecule has 0 spiro atoms. The monoisotopic (exact) mass is 295 g/mol. The van der Waals surface area contributed by atoms with Crippen molar-refractivity contribution in [2.24, 2.45) is 0 Å². The lowest BCUT2D eigenvalue weighted by Gasteiger charge is -2.18. The minimum atomic E-state index is -0.316. The summed E-state index contributed by atoms with van der Waals surface area (Å²) in [6, 6.07) is 1.88. The molecule has 1 rings (SSSR count). The summed E-state index contributed by atoms with van der Waals surface area (Å²) in [6.45, 7) is 14.2. The molecule has 3 heteroatoms. The average molecular weight is 296 g/mol. The van der Waals surface area contributed by atoms with Gasteiger partial charge in [0.1, 0.15) is 5.76 Å². The highest BCUT2D eigenvalue weighted by molar-refractivity contribution is 6.63. The third-order valence-corrected chi connectivity index (χ3v) is 8.43. The average Bonchev–Trinajstić information content (AvgIpc) is 2.83. The van der Waals surface area contributed by atoms with Gasteiger partial charge >= 0.3 is 8.80 Å². The van der Waals surface area contributed by atoms with Crippen LogP contribution in [0.3, 0.4) is 0 Å². The molecule has 0 aromatic carbocycles. The van der Waals surface area contributed by atoms with Crippen LogP contribution in [0.2, 0.25) is 16.6 Å². The second-order valence-corrected chi connectivity index (χ2v) is 11.0. The van der Waals surface area contributed by atoms with Crippen molar-refractivity contribution in [3.8, 4) is 0 Å². The van der Waals surface area contributed by atoms with Crippen molar-refractivity contribution in [2.45, 2.75) is 83.5 Å². The Morgan fingerprint density at radius 2 is 1.65 bits per heavy atom. The van der Waals surface area contributed by atoms with Gasteiger partial charge in [0, 0.05) is 11.5 Å².